The van der Waals surface area contributed by atoms with Gasteiger partial charge in [0.25, 0.3) is 0 Å². The van der Waals surface area contributed by atoms with Crippen LogP contribution in [0.4, 0.5) is 16.2 Å². The Morgan fingerprint density at radius 1 is 1.03 bits per heavy atom. The van der Waals surface area contributed by atoms with Crippen molar-refractivity contribution in [1.82, 2.24) is 4.31 Å². The van der Waals surface area contributed by atoms with E-state index in [1.54, 1.807) is 31.2 Å². The monoisotopic (exact) mass is 477 g/mol. The topological polar surface area (TPSA) is 123 Å². The molecule has 11 heteroatoms. The molecule has 0 saturated carbocycles. The quantitative estimate of drug-likeness (QED) is 0.599. The van der Waals surface area contributed by atoms with E-state index < -0.39 is 28.1 Å². The molecule has 2 N–H and O–H groups in total. The molecule has 0 aromatic heterocycles. The standard InChI is InChI=1S/C22H27N3O7S/c1-4-32-22(27)24-16-8-5-7-15(13-16)23-21(26)18-9-6-12-25(18)33(28,29)17-10-11-19(30-2)20(14-17)31-3/h5,7-8,10-11,13-14,18H,4,6,9,12H2,1-3H3,(H,23,26)(H,24,27). The third-order valence-electron chi connectivity index (χ3n) is 5.12. The van der Waals surface area contributed by atoms with Crippen LogP contribution in [0.3, 0.4) is 0 Å². The average Bonchev–Trinajstić information content (AvgIpc) is 3.30. The average molecular weight is 478 g/mol. The lowest BCUT2D eigenvalue weighted by Gasteiger charge is -2.24. The van der Waals surface area contributed by atoms with E-state index in [-0.39, 0.29) is 23.8 Å². The first-order valence-corrected chi connectivity index (χ1v) is 11.8. The van der Waals surface area contributed by atoms with Crippen LogP contribution in [-0.2, 0) is 19.6 Å². The number of sulfonamides is 1. The minimum atomic E-state index is -3.95. The molecular weight excluding hydrogens is 450 g/mol. The Bertz CT molecular complexity index is 1120. The summed E-state index contributed by atoms with van der Waals surface area (Å²) >= 11 is 0. The molecule has 10 nitrogen and oxygen atoms in total. The molecule has 1 fully saturated rings. The molecule has 1 aliphatic rings. The fourth-order valence-corrected chi connectivity index (χ4v) is 5.26. The number of hydrogen-bond acceptors (Lipinski definition) is 7. The van der Waals surface area contributed by atoms with Crippen LogP contribution in [0.2, 0.25) is 0 Å². The Hall–Kier alpha value is -3.31. The second-order valence-corrected chi connectivity index (χ2v) is 9.10. The molecule has 0 bridgehead atoms. The summed E-state index contributed by atoms with van der Waals surface area (Å²) in [6.45, 7) is 2.15. The highest BCUT2D eigenvalue weighted by Crippen LogP contribution is 2.33. The minimum Gasteiger partial charge on any atom is -0.493 e. The van der Waals surface area contributed by atoms with Gasteiger partial charge in [-0.05, 0) is 50.1 Å². The smallest absolute Gasteiger partial charge is 0.411 e. The normalized spacial score (nSPS) is 16.2. The predicted molar refractivity (Wildman–Crippen MR) is 122 cm³/mol. The SMILES string of the molecule is CCOC(=O)Nc1cccc(NC(=O)C2CCCN2S(=O)(=O)c2ccc(OC)c(OC)c2)c1. The summed E-state index contributed by atoms with van der Waals surface area (Å²) in [6.07, 6.45) is 0.331. The molecule has 2 aromatic carbocycles. The van der Waals surface area contributed by atoms with Crippen LogP contribution in [0.5, 0.6) is 11.5 Å². The Kier molecular flexibility index (Phi) is 7.77. The molecule has 1 heterocycles. The lowest BCUT2D eigenvalue weighted by atomic mass is 10.2. The van der Waals surface area contributed by atoms with Crippen molar-refractivity contribution >= 4 is 33.4 Å². The number of rotatable bonds is 8. The summed E-state index contributed by atoms with van der Waals surface area (Å²) in [5.74, 6) is 0.234. The number of methoxy groups -OCH3 is 2. The van der Waals surface area contributed by atoms with E-state index in [2.05, 4.69) is 10.6 Å². The zero-order valence-electron chi connectivity index (χ0n) is 18.7. The summed E-state index contributed by atoms with van der Waals surface area (Å²) in [4.78, 5) is 24.6. The molecule has 1 unspecified atom stereocenters. The van der Waals surface area contributed by atoms with Crippen molar-refractivity contribution in [2.75, 3.05) is 38.0 Å². The van der Waals surface area contributed by atoms with Crippen molar-refractivity contribution < 1.29 is 32.2 Å². The second-order valence-electron chi connectivity index (χ2n) is 7.21. The van der Waals surface area contributed by atoms with E-state index in [4.69, 9.17) is 14.2 Å². The Balaban J connectivity index is 1.77. The summed E-state index contributed by atoms with van der Waals surface area (Å²) in [7, 11) is -1.07. The van der Waals surface area contributed by atoms with Crippen molar-refractivity contribution in [2.24, 2.45) is 0 Å². The summed E-state index contributed by atoms with van der Waals surface area (Å²) in [5.41, 5.74) is 0.858. The minimum absolute atomic E-state index is 0.0143. The zero-order chi connectivity index (χ0) is 24.0. The van der Waals surface area contributed by atoms with Crippen LogP contribution in [0.15, 0.2) is 47.4 Å². The van der Waals surface area contributed by atoms with Gasteiger partial charge in [-0.2, -0.15) is 4.31 Å². The van der Waals surface area contributed by atoms with Gasteiger partial charge in [0, 0.05) is 24.0 Å². The van der Waals surface area contributed by atoms with Gasteiger partial charge in [-0.25, -0.2) is 13.2 Å². The van der Waals surface area contributed by atoms with Gasteiger partial charge in [-0.15, -0.1) is 0 Å². The predicted octanol–water partition coefficient (Wildman–Crippen LogP) is 3.06. The second kappa shape index (κ2) is 10.5. The number of benzene rings is 2. The molecular formula is C22H27N3O7S. The molecule has 1 saturated heterocycles. The number of nitrogens with zero attached hydrogens (tertiary/aromatic N) is 1. The molecule has 2 aromatic rings. The van der Waals surface area contributed by atoms with Crippen LogP contribution < -0.4 is 20.1 Å². The number of carbonyl (C=O) groups is 2. The van der Waals surface area contributed by atoms with Gasteiger partial charge in [0.2, 0.25) is 15.9 Å². The highest BCUT2D eigenvalue weighted by atomic mass is 32.2. The number of anilines is 2. The van der Waals surface area contributed by atoms with Gasteiger partial charge in [0.15, 0.2) is 11.5 Å². The van der Waals surface area contributed by atoms with Gasteiger partial charge in [0.1, 0.15) is 6.04 Å². The third-order valence-corrected chi connectivity index (χ3v) is 7.02. The van der Waals surface area contributed by atoms with Crippen molar-refractivity contribution in [1.29, 1.82) is 0 Å². The number of hydrogen-bond donors (Lipinski definition) is 2. The fraction of sp³-hybridized carbons (Fsp3) is 0.364. The third kappa shape index (κ3) is 5.55. The summed E-state index contributed by atoms with van der Waals surface area (Å²) in [6, 6.07) is 9.97. The molecule has 0 radical (unpaired) electrons. The molecule has 1 atom stereocenters. The first kappa shape index (κ1) is 24.3. The van der Waals surface area contributed by atoms with E-state index in [0.29, 0.717) is 30.0 Å². The summed E-state index contributed by atoms with van der Waals surface area (Å²) in [5, 5.41) is 5.30. The Morgan fingerprint density at radius 3 is 2.39 bits per heavy atom. The fourth-order valence-electron chi connectivity index (χ4n) is 3.59. The molecule has 3 rings (SSSR count). The highest BCUT2D eigenvalue weighted by molar-refractivity contribution is 7.89. The first-order chi connectivity index (χ1) is 15.8. The van der Waals surface area contributed by atoms with Crippen molar-refractivity contribution in [2.45, 2.75) is 30.7 Å². The molecule has 33 heavy (non-hydrogen) atoms. The van der Waals surface area contributed by atoms with Gasteiger partial charge in [-0.3, -0.25) is 10.1 Å². The molecule has 178 valence electrons. The largest absolute Gasteiger partial charge is 0.493 e. The van der Waals surface area contributed by atoms with Crippen LogP contribution >= 0.6 is 0 Å². The van der Waals surface area contributed by atoms with Crippen LogP contribution in [0.25, 0.3) is 0 Å². The van der Waals surface area contributed by atoms with Gasteiger partial charge in [0.05, 0.1) is 25.7 Å². The van der Waals surface area contributed by atoms with E-state index in [1.165, 1.54) is 36.7 Å². The van der Waals surface area contributed by atoms with Crippen molar-refractivity contribution in [3.05, 3.63) is 42.5 Å². The maximum atomic E-state index is 13.3. The number of carbonyl (C=O) groups excluding carboxylic acids is 2. The molecule has 0 aliphatic carbocycles. The van der Waals surface area contributed by atoms with E-state index >= 15 is 0 Å². The van der Waals surface area contributed by atoms with Gasteiger partial charge >= 0.3 is 6.09 Å². The lowest BCUT2D eigenvalue weighted by molar-refractivity contribution is -0.119. The maximum Gasteiger partial charge on any atom is 0.411 e. The van der Waals surface area contributed by atoms with Gasteiger partial charge in [-0.1, -0.05) is 6.07 Å². The maximum absolute atomic E-state index is 13.3. The number of amides is 2. The lowest BCUT2D eigenvalue weighted by Crippen LogP contribution is -2.43. The Morgan fingerprint density at radius 2 is 1.73 bits per heavy atom. The number of ether oxygens (including phenoxy) is 3. The Labute approximate surface area is 192 Å². The van der Waals surface area contributed by atoms with Gasteiger partial charge < -0.3 is 19.5 Å². The van der Waals surface area contributed by atoms with E-state index in [1.807, 2.05) is 0 Å². The van der Waals surface area contributed by atoms with Crippen LogP contribution in [-0.4, -0.2) is 58.1 Å². The molecule has 0 spiro atoms. The summed E-state index contributed by atoms with van der Waals surface area (Å²) < 4.78 is 43.0. The highest BCUT2D eigenvalue weighted by Gasteiger charge is 2.39. The van der Waals surface area contributed by atoms with Crippen LogP contribution in [0, 0.1) is 0 Å². The number of nitrogens with one attached hydrogen (secondary N) is 2. The van der Waals surface area contributed by atoms with Crippen LogP contribution in [0.1, 0.15) is 19.8 Å². The molecule has 1 aliphatic heterocycles. The van der Waals surface area contributed by atoms with E-state index in [9.17, 15) is 18.0 Å². The van der Waals surface area contributed by atoms with Crippen molar-refractivity contribution in [3.63, 3.8) is 0 Å². The van der Waals surface area contributed by atoms with Crippen molar-refractivity contribution in [3.8, 4) is 11.5 Å². The first-order valence-electron chi connectivity index (χ1n) is 10.4. The van der Waals surface area contributed by atoms with E-state index in [0.717, 1.165) is 0 Å². The zero-order valence-corrected chi connectivity index (χ0v) is 19.5. The molecule has 2 amide bonds.